The van der Waals surface area contributed by atoms with Crippen molar-refractivity contribution in [1.82, 2.24) is 20.3 Å². The summed E-state index contributed by atoms with van der Waals surface area (Å²) in [7, 11) is 0. The van der Waals surface area contributed by atoms with E-state index in [1.807, 2.05) is 36.4 Å². The minimum Gasteiger partial charge on any atom is -0.355 e. The summed E-state index contributed by atoms with van der Waals surface area (Å²) in [6.07, 6.45) is 0. The molecule has 1 atom stereocenters. The van der Waals surface area contributed by atoms with E-state index in [1.54, 1.807) is 6.07 Å². The topological polar surface area (TPSA) is 61.6 Å². The van der Waals surface area contributed by atoms with Gasteiger partial charge in [0.25, 0.3) is 5.91 Å². The van der Waals surface area contributed by atoms with E-state index in [9.17, 15) is 4.79 Å². The van der Waals surface area contributed by atoms with Gasteiger partial charge in [0.1, 0.15) is 0 Å². The van der Waals surface area contributed by atoms with E-state index in [2.05, 4.69) is 51.5 Å². The van der Waals surface area contributed by atoms with Crippen molar-refractivity contribution < 1.29 is 9.32 Å². The standard InChI is InChI=1S/C24H28N4O2/c1-2-27-13-15-28(16-14-27)22(19-9-5-3-6-10-19)18-25-24(29)21-17-23(30-26-21)20-11-7-4-8-12-20/h3-12,17,22H,2,13-16,18H2,1H3,(H,25,29)/t22-/m0/s1. The van der Waals surface area contributed by atoms with Crippen LogP contribution in [0.5, 0.6) is 0 Å². The first kappa shape index (κ1) is 20.3. The third-order valence-electron chi connectivity index (χ3n) is 5.74. The number of hydrogen-bond acceptors (Lipinski definition) is 5. The second-order valence-corrected chi connectivity index (χ2v) is 7.55. The molecule has 4 rings (SSSR count). The molecule has 0 radical (unpaired) electrons. The highest BCUT2D eigenvalue weighted by atomic mass is 16.5. The normalized spacial score (nSPS) is 16.3. The molecule has 30 heavy (non-hydrogen) atoms. The Morgan fingerprint density at radius 3 is 2.37 bits per heavy atom. The fourth-order valence-electron chi connectivity index (χ4n) is 3.92. The number of aromatic nitrogens is 1. The minimum atomic E-state index is -0.214. The average molecular weight is 405 g/mol. The van der Waals surface area contributed by atoms with Crippen LogP contribution in [0.2, 0.25) is 0 Å². The summed E-state index contributed by atoms with van der Waals surface area (Å²) in [5, 5.41) is 7.04. The van der Waals surface area contributed by atoms with Crippen LogP contribution in [0, 0.1) is 0 Å². The van der Waals surface area contributed by atoms with Gasteiger partial charge in [0.15, 0.2) is 11.5 Å². The first-order chi connectivity index (χ1) is 14.7. The van der Waals surface area contributed by atoms with Crippen LogP contribution in [0.15, 0.2) is 71.3 Å². The van der Waals surface area contributed by atoms with E-state index in [-0.39, 0.29) is 11.9 Å². The van der Waals surface area contributed by atoms with E-state index < -0.39 is 0 Å². The van der Waals surface area contributed by atoms with Crippen LogP contribution < -0.4 is 5.32 Å². The van der Waals surface area contributed by atoms with Gasteiger partial charge >= 0.3 is 0 Å². The van der Waals surface area contributed by atoms with Crippen molar-refractivity contribution >= 4 is 5.91 Å². The Hall–Kier alpha value is -2.96. The predicted molar refractivity (Wildman–Crippen MR) is 117 cm³/mol. The van der Waals surface area contributed by atoms with Crippen molar-refractivity contribution in [3.8, 4) is 11.3 Å². The molecule has 1 aliphatic rings. The molecule has 0 unspecified atom stereocenters. The first-order valence-corrected chi connectivity index (χ1v) is 10.6. The van der Waals surface area contributed by atoms with Crippen LogP contribution in [-0.4, -0.2) is 60.1 Å². The minimum absolute atomic E-state index is 0.134. The Labute approximate surface area is 177 Å². The van der Waals surface area contributed by atoms with Crippen LogP contribution >= 0.6 is 0 Å². The van der Waals surface area contributed by atoms with Crippen LogP contribution in [0.4, 0.5) is 0 Å². The summed E-state index contributed by atoms with van der Waals surface area (Å²) >= 11 is 0. The number of rotatable bonds is 7. The lowest BCUT2D eigenvalue weighted by Crippen LogP contribution is -2.49. The Bertz CT molecular complexity index is 934. The summed E-state index contributed by atoms with van der Waals surface area (Å²) in [4.78, 5) is 17.7. The Kier molecular flexibility index (Phi) is 6.57. The molecule has 1 fully saturated rings. The molecular weight excluding hydrogens is 376 g/mol. The van der Waals surface area contributed by atoms with Crippen molar-refractivity contribution in [2.45, 2.75) is 13.0 Å². The molecule has 1 aromatic heterocycles. The van der Waals surface area contributed by atoms with Gasteiger partial charge in [0.05, 0.1) is 6.04 Å². The number of carbonyl (C=O) groups is 1. The zero-order chi connectivity index (χ0) is 20.8. The summed E-state index contributed by atoms with van der Waals surface area (Å²) in [6, 6.07) is 21.9. The summed E-state index contributed by atoms with van der Waals surface area (Å²) in [5.41, 5.74) is 2.42. The number of likely N-dealkylation sites (N-methyl/N-ethyl adjacent to an activating group) is 1. The second-order valence-electron chi connectivity index (χ2n) is 7.55. The van der Waals surface area contributed by atoms with E-state index in [0.29, 0.717) is 18.0 Å². The molecular formula is C24H28N4O2. The van der Waals surface area contributed by atoms with Gasteiger partial charge in [-0.15, -0.1) is 0 Å². The van der Waals surface area contributed by atoms with Crippen LogP contribution in [-0.2, 0) is 0 Å². The largest absolute Gasteiger partial charge is 0.355 e. The quantitative estimate of drug-likeness (QED) is 0.654. The fraction of sp³-hybridized carbons (Fsp3) is 0.333. The van der Waals surface area contributed by atoms with Gasteiger partial charge in [-0.3, -0.25) is 9.69 Å². The molecule has 0 bridgehead atoms. The second kappa shape index (κ2) is 9.69. The average Bonchev–Trinajstić information content (AvgIpc) is 3.31. The van der Waals surface area contributed by atoms with E-state index in [4.69, 9.17) is 4.52 Å². The predicted octanol–water partition coefficient (Wildman–Crippen LogP) is 3.45. The summed E-state index contributed by atoms with van der Waals surface area (Å²) in [5.74, 6) is 0.380. The maximum absolute atomic E-state index is 12.7. The lowest BCUT2D eigenvalue weighted by molar-refractivity contribution is 0.0849. The summed E-state index contributed by atoms with van der Waals surface area (Å²) < 4.78 is 5.38. The highest BCUT2D eigenvalue weighted by molar-refractivity contribution is 5.93. The Balaban J connectivity index is 1.43. The number of nitrogens with zero attached hydrogens (tertiary/aromatic N) is 3. The molecule has 1 amide bonds. The molecule has 1 N–H and O–H groups in total. The Morgan fingerprint density at radius 2 is 1.70 bits per heavy atom. The van der Waals surface area contributed by atoms with Crippen molar-refractivity contribution in [3.63, 3.8) is 0 Å². The SMILES string of the molecule is CCN1CCN([C@@H](CNC(=O)c2cc(-c3ccccc3)on2)c2ccccc2)CC1. The lowest BCUT2D eigenvalue weighted by atomic mass is 10.0. The highest BCUT2D eigenvalue weighted by Gasteiger charge is 2.25. The van der Waals surface area contributed by atoms with Gasteiger partial charge < -0.3 is 14.7 Å². The monoisotopic (exact) mass is 404 g/mol. The number of hydrogen-bond donors (Lipinski definition) is 1. The molecule has 156 valence electrons. The maximum Gasteiger partial charge on any atom is 0.273 e. The van der Waals surface area contributed by atoms with Crippen LogP contribution in [0.1, 0.15) is 29.0 Å². The third kappa shape index (κ3) is 4.78. The van der Waals surface area contributed by atoms with E-state index in [0.717, 1.165) is 38.3 Å². The van der Waals surface area contributed by atoms with Gasteiger partial charge in [-0.1, -0.05) is 72.7 Å². The Morgan fingerprint density at radius 1 is 1.03 bits per heavy atom. The highest BCUT2D eigenvalue weighted by Crippen LogP contribution is 2.23. The molecule has 2 aromatic carbocycles. The molecule has 0 spiro atoms. The van der Waals surface area contributed by atoms with Crippen molar-refractivity contribution in [2.75, 3.05) is 39.3 Å². The molecule has 0 saturated carbocycles. The summed E-state index contributed by atoms with van der Waals surface area (Å²) in [6.45, 7) is 7.90. The van der Waals surface area contributed by atoms with Crippen molar-refractivity contribution in [2.24, 2.45) is 0 Å². The van der Waals surface area contributed by atoms with Crippen molar-refractivity contribution in [1.29, 1.82) is 0 Å². The van der Waals surface area contributed by atoms with Gasteiger partial charge in [0, 0.05) is 44.4 Å². The van der Waals surface area contributed by atoms with Gasteiger partial charge in [-0.2, -0.15) is 0 Å². The van der Waals surface area contributed by atoms with Crippen LogP contribution in [0.25, 0.3) is 11.3 Å². The van der Waals surface area contributed by atoms with E-state index in [1.165, 1.54) is 5.56 Å². The van der Waals surface area contributed by atoms with E-state index >= 15 is 0 Å². The van der Waals surface area contributed by atoms with Crippen molar-refractivity contribution in [3.05, 3.63) is 78.0 Å². The molecule has 1 aliphatic heterocycles. The maximum atomic E-state index is 12.7. The fourth-order valence-corrected chi connectivity index (χ4v) is 3.92. The van der Waals surface area contributed by atoms with Gasteiger partial charge in [0.2, 0.25) is 0 Å². The third-order valence-corrected chi connectivity index (χ3v) is 5.74. The molecule has 3 aromatic rings. The number of piperazine rings is 1. The number of nitrogens with one attached hydrogen (secondary N) is 1. The molecule has 2 heterocycles. The number of benzene rings is 2. The van der Waals surface area contributed by atoms with Gasteiger partial charge in [-0.05, 0) is 12.1 Å². The van der Waals surface area contributed by atoms with Crippen LogP contribution in [0.3, 0.4) is 0 Å². The molecule has 1 saturated heterocycles. The smallest absolute Gasteiger partial charge is 0.273 e. The lowest BCUT2D eigenvalue weighted by Gasteiger charge is -2.39. The zero-order valence-electron chi connectivity index (χ0n) is 17.3. The zero-order valence-corrected chi connectivity index (χ0v) is 17.3. The van der Waals surface area contributed by atoms with Gasteiger partial charge in [-0.25, -0.2) is 0 Å². The molecule has 6 nitrogen and oxygen atoms in total. The molecule has 0 aliphatic carbocycles. The first-order valence-electron chi connectivity index (χ1n) is 10.6. The molecule has 6 heteroatoms. The number of carbonyl (C=O) groups excluding carboxylic acids is 1. The number of amides is 1.